The van der Waals surface area contributed by atoms with Crippen molar-refractivity contribution >= 4 is 29.0 Å². The number of carbonyl (C=O) groups excluding carboxylic acids is 2. The van der Waals surface area contributed by atoms with Crippen molar-refractivity contribution in [1.29, 1.82) is 0 Å². The smallest absolute Gasteiger partial charge is 0.321 e. The quantitative estimate of drug-likeness (QED) is 0.889. The molecule has 1 saturated heterocycles. The van der Waals surface area contributed by atoms with Crippen LogP contribution in [-0.4, -0.2) is 30.7 Å². The first-order valence-electron chi connectivity index (χ1n) is 8.45. The lowest BCUT2D eigenvalue weighted by Crippen LogP contribution is -2.28. The zero-order chi connectivity index (χ0) is 17.9. The van der Waals surface area contributed by atoms with Gasteiger partial charge in [0.1, 0.15) is 5.71 Å². The number of nitrogens with one attached hydrogen (secondary N) is 2. The fourth-order valence-corrected chi connectivity index (χ4v) is 3.03. The van der Waals surface area contributed by atoms with E-state index in [-0.39, 0.29) is 18.0 Å². The van der Waals surface area contributed by atoms with E-state index in [0.29, 0.717) is 30.9 Å². The molecule has 0 bridgehead atoms. The zero-order valence-corrected chi connectivity index (χ0v) is 14.0. The monoisotopic (exact) mass is 350 g/mol. The van der Waals surface area contributed by atoms with E-state index >= 15 is 0 Å². The summed E-state index contributed by atoms with van der Waals surface area (Å²) in [6, 6.07) is 16.7. The van der Waals surface area contributed by atoms with Crippen LogP contribution >= 0.6 is 0 Å². The average Bonchev–Trinajstić information content (AvgIpc) is 3.32. The molecule has 2 heterocycles. The second-order valence-electron chi connectivity index (χ2n) is 6.13. The predicted octanol–water partition coefficient (Wildman–Crippen LogP) is 2.67. The molecule has 0 aliphatic carbocycles. The number of amides is 3. The topological polar surface area (TPSA) is 83.0 Å². The van der Waals surface area contributed by atoms with Gasteiger partial charge in [-0.3, -0.25) is 9.69 Å². The highest BCUT2D eigenvalue weighted by molar-refractivity contribution is 6.43. The number of hydrogen-bond acceptors (Lipinski definition) is 4. The highest BCUT2D eigenvalue weighted by atomic mass is 16.6. The fourth-order valence-electron chi connectivity index (χ4n) is 3.03. The summed E-state index contributed by atoms with van der Waals surface area (Å²) in [7, 11) is 0. The Labute approximate surface area is 150 Å². The Balaban J connectivity index is 1.42. The molecule has 4 rings (SSSR count). The Morgan fingerprint density at radius 2 is 2.04 bits per heavy atom. The van der Waals surface area contributed by atoms with Crippen molar-refractivity contribution in [2.75, 3.05) is 23.3 Å². The Hall–Kier alpha value is -3.35. The van der Waals surface area contributed by atoms with Crippen LogP contribution in [0.25, 0.3) is 0 Å². The maximum atomic E-state index is 12.5. The molecule has 7 nitrogen and oxygen atoms in total. The van der Waals surface area contributed by atoms with Gasteiger partial charge in [-0.05, 0) is 23.8 Å². The molecule has 0 radical (unpaired) electrons. The van der Waals surface area contributed by atoms with Crippen LogP contribution in [-0.2, 0) is 9.63 Å². The van der Waals surface area contributed by atoms with E-state index in [1.807, 2.05) is 36.4 Å². The van der Waals surface area contributed by atoms with Gasteiger partial charge in [0.2, 0.25) is 0 Å². The molecule has 2 N–H and O–H groups in total. The van der Waals surface area contributed by atoms with Crippen molar-refractivity contribution in [3.63, 3.8) is 0 Å². The minimum Gasteiger partial charge on any atom is -0.387 e. The van der Waals surface area contributed by atoms with Gasteiger partial charge in [-0.1, -0.05) is 41.6 Å². The normalized spacial score (nSPS) is 18.9. The molecule has 0 aromatic heterocycles. The second-order valence-corrected chi connectivity index (χ2v) is 6.13. The minimum atomic E-state index is -0.300. The molecule has 1 unspecified atom stereocenters. The van der Waals surface area contributed by atoms with E-state index in [1.165, 1.54) is 0 Å². The van der Waals surface area contributed by atoms with Crippen LogP contribution in [0.5, 0.6) is 0 Å². The first-order valence-corrected chi connectivity index (χ1v) is 8.45. The summed E-state index contributed by atoms with van der Waals surface area (Å²) in [5.74, 6) is -0.300. The molecule has 3 amide bonds. The average molecular weight is 350 g/mol. The van der Waals surface area contributed by atoms with Crippen molar-refractivity contribution < 1.29 is 14.4 Å². The number of benzene rings is 2. The Morgan fingerprint density at radius 1 is 1.19 bits per heavy atom. The van der Waals surface area contributed by atoms with Gasteiger partial charge in [-0.2, -0.15) is 0 Å². The van der Waals surface area contributed by atoms with Crippen molar-refractivity contribution in [2.24, 2.45) is 5.16 Å². The molecule has 0 spiro atoms. The Bertz CT molecular complexity index is 866. The van der Waals surface area contributed by atoms with Gasteiger partial charge >= 0.3 is 6.03 Å². The van der Waals surface area contributed by atoms with Gasteiger partial charge in [0.05, 0.1) is 0 Å². The van der Waals surface area contributed by atoms with Gasteiger partial charge in [0.15, 0.2) is 6.10 Å². The molecule has 2 aliphatic heterocycles. The SMILES string of the molecule is O=C(Nc1cccc(N2CCNC2=O)c1)C1=NOC(c2ccccc2)C1. The zero-order valence-electron chi connectivity index (χ0n) is 14.0. The molecule has 2 aromatic rings. The van der Waals surface area contributed by atoms with Gasteiger partial charge < -0.3 is 15.5 Å². The van der Waals surface area contributed by atoms with E-state index in [0.717, 1.165) is 11.3 Å². The third-order valence-corrected chi connectivity index (χ3v) is 4.37. The molecule has 0 saturated carbocycles. The van der Waals surface area contributed by atoms with E-state index in [2.05, 4.69) is 15.8 Å². The summed E-state index contributed by atoms with van der Waals surface area (Å²) < 4.78 is 0. The molecule has 26 heavy (non-hydrogen) atoms. The Kier molecular flexibility index (Phi) is 4.27. The number of oxime groups is 1. The van der Waals surface area contributed by atoms with Crippen molar-refractivity contribution in [3.8, 4) is 0 Å². The molecule has 132 valence electrons. The number of rotatable bonds is 4. The third-order valence-electron chi connectivity index (χ3n) is 4.37. The predicted molar refractivity (Wildman–Crippen MR) is 98.1 cm³/mol. The molecule has 7 heteroatoms. The van der Waals surface area contributed by atoms with E-state index < -0.39 is 0 Å². The van der Waals surface area contributed by atoms with E-state index in [4.69, 9.17) is 4.84 Å². The lowest BCUT2D eigenvalue weighted by atomic mass is 10.0. The molecule has 1 atom stereocenters. The van der Waals surface area contributed by atoms with E-state index in [9.17, 15) is 9.59 Å². The van der Waals surface area contributed by atoms with Gasteiger partial charge in [0.25, 0.3) is 5.91 Å². The first-order chi connectivity index (χ1) is 12.7. The van der Waals surface area contributed by atoms with Gasteiger partial charge in [-0.25, -0.2) is 4.79 Å². The second kappa shape index (κ2) is 6.87. The summed E-state index contributed by atoms with van der Waals surface area (Å²) in [5, 5.41) is 9.52. The maximum absolute atomic E-state index is 12.5. The molecule has 2 aromatic carbocycles. The minimum absolute atomic E-state index is 0.132. The third kappa shape index (κ3) is 3.23. The largest absolute Gasteiger partial charge is 0.387 e. The number of anilines is 2. The lowest BCUT2D eigenvalue weighted by molar-refractivity contribution is -0.110. The number of urea groups is 1. The number of nitrogens with zero attached hydrogens (tertiary/aromatic N) is 2. The van der Waals surface area contributed by atoms with Crippen LogP contribution in [0, 0.1) is 0 Å². The van der Waals surface area contributed by atoms with Crippen LogP contribution < -0.4 is 15.5 Å². The van der Waals surface area contributed by atoms with Crippen molar-refractivity contribution in [2.45, 2.75) is 12.5 Å². The van der Waals surface area contributed by atoms with Crippen LogP contribution in [0.15, 0.2) is 59.8 Å². The van der Waals surface area contributed by atoms with Crippen LogP contribution in [0.3, 0.4) is 0 Å². The first kappa shape index (κ1) is 16.1. The van der Waals surface area contributed by atoms with Crippen LogP contribution in [0.1, 0.15) is 18.1 Å². The van der Waals surface area contributed by atoms with Crippen molar-refractivity contribution in [3.05, 3.63) is 60.2 Å². The summed E-state index contributed by atoms with van der Waals surface area (Å²) in [5.41, 5.74) is 2.69. The van der Waals surface area contributed by atoms with Gasteiger partial charge in [-0.15, -0.1) is 0 Å². The number of hydrogen-bond donors (Lipinski definition) is 2. The molecular weight excluding hydrogens is 332 g/mol. The molecule has 2 aliphatic rings. The molecule has 1 fully saturated rings. The fraction of sp³-hybridized carbons (Fsp3) is 0.211. The van der Waals surface area contributed by atoms with Crippen molar-refractivity contribution in [1.82, 2.24) is 5.32 Å². The highest BCUT2D eigenvalue weighted by Gasteiger charge is 2.27. The highest BCUT2D eigenvalue weighted by Crippen LogP contribution is 2.27. The standard InChI is InChI=1S/C19H18N4O3/c24-18(16-12-17(26-22-16)13-5-2-1-3-6-13)21-14-7-4-8-15(11-14)23-10-9-20-19(23)25/h1-8,11,17H,9-10,12H2,(H,20,25)(H,21,24). The Morgan fingerprint density at radius 3 is 2.81 bits per heavy atom. The van der Waals surface area contributed by atoms with Gasteiger partial charge in [0, 0.05) is 30.9 Å². The number of carbonyl (C=O) groups is 2. The maximum Gasteiger partial charge on any atom is 0.321 e. The van der Waals surface area contributed by atoms with Crippen LogP contribution in [0.4, 0.5) is 16.2 Å². The van der Waals surface area contributed by atoms with Crippen LogP contribution in [0.2, 0.25) is 0 Å². The van der Waals surface area contributed by atoms with E-state index in [1.54, 1.807) is 23.1 Å². The summed E-state index contributed by atoms with van der Waals surface area (Å²) in [6.45, 7) is 1.22. The summed E-state index contributed by atoms with van der Waals surface area (Å²) in [6.07, 6.45) is 0.181. The summed E-state index contributed by atoms with van der Waals surface area (Å²) >= 11 is 0. The summed E-state index contributed by atoms with van der Waals surface area (Å²) in [4.78, 5) is 31.3. The molecular formula is C19H18N4O3. The lowest BCUT2D eigenvalue weighted by Gasteiger charge is -2.15.